The Hall–Kier alpha value is -2.43. The zero-order chi connectivity index (χ0) is 16.1. The average Bonchev–Trinajstić information content (AvgIpc) is 3.06. The first-order chi connectivity index (χ1) is 11.2. The molecule has 5 heteroatoms. The van der Waals surface area contributed by atoms with Crippen molar-refractivity contribution in [2.45, 2.75) is 32.1 Å². The number of carbonyl (C=O) groups is 1. The molecule has 0 aliphatic heterocycles. The molecule has 0 radical (unpaired) electrons. The van der Waals surface area contributed by atoms with E-state index in [2.05, 4.69) is 16.5 Å². The normalized spacial score (nSPS) is 14.4. The summed E-state index contributed by atoms with van der Waals surface area (Å²) in [4.78, 5) is 12.1. The summed E-state index contributed by atoms with van der Waals surface area (Å²) in [5, 5.41) is 6.64. The number of amides is 1. The van der Waals surface area contributed by atoms with E-state index in [1.54, 1.807) is 18.2 Å². The molecule has 1 heterocycles. The monoisotopic (exact) mass is 314 g/mol. The van der Waals surface area contributed by atoms with Gasteiger partial charge in [0.15, 0.2) is 11.5 Å². The van der Waals surface area contributed by atoms with E-state index in [0.29, 0.717) is 17.9 Å². The first kappa shape index (κ1) is 15.5. The van der Waals surface area contributed by atoms with Crippen molar-refractivity contribution >= 4 is 5.91 Å². The Morgan fingerprint density at radius 3 is 2.83 bits per heavy atom. The van der Waals surface area contributed by atoms with Crippen LogP contribution in [0.25, 0.3) is 11.3 Å². The SMILES string of the molecule is O=C(NCCC1=CCCCC1)c1cc(-c2ccc(F)cc2)on1. The maximum Gasteiger partial charge on any atom is 0.273 e. The summed E-state index contributed by atoms with van der Waals surface area (Å²) in [5.41, 5.74) is 2.34. The molecule has 1 aromatic heterocycles. The lowest BCUT2D eigenvalue weighted by molar-refractivity contribution is 0.0945. The number of halogens is 1. The standard InChI is InChI=1S/C18H19FN2O2/c19-15-8-6-14(7-9-15)17-12-16(21-23-17)18(22)20-11-10-13-4-2-1-3-5-13/h4,6-9,12H,1-3,5,10-11H2,(H,20,22). The van der Waals surface area contributed by atoms with E-state index in [1.165, 1.54) is 30.5 Å². The van der Waals surface area contributed by atoms with Crippen LogP contribution < -0.4 is 5.32 Å². The van der Waals surface area contributed by atoms with Crippen molar-refractivity contribution in [3.8, 4) is 11.3 Å². The molecule has 0 atom stereocenters. The summed E-state index contributed by atoms with van der Waals surface area (Å²) >= 11 is 0. The molecule has 0 bridgehead atoms. The fourth-order valence-corrected chi connectivity index (χ4v) is 2.69. The van der Waals surface area contributed by atoms with Gasteiger partial charge in [0.2, 0.25) is 0 Å². The molecule has 1 aliphatic rings. The van der Waals surface area contributed by atoms with E-state index >= 15 is 0 Å². The van der Waals surface area contributed by atoms with Crippen LogP contribution >= 0.6 is 0 Å². The topological polar surface area (TPSA) is 55.1 Å². The first-order valence-electron chi connectivity index (χ1n) is 7.91. The van der Waals surface area contributed by atoms with Crippen molar-refractivity contribution < 1.29 is 13.7 Å². The van der Waals surface area contributed by atoms with Crippen LogP contribution in [0.15, 0.2) is 46.5 Å². The predicted molar refractivity (Wildman–Crippen MR) is 85.4 cm³/mol. The molecule has 120 valence electrons. The van der Waals surface area contributed by atoms with Gasteiger partial charge < -0.3 is 9.84 Å². The van der Waals surface area contributed by atoms with Gasteiger partial charge in [-0.3, -0.25) is 4.79 Å². The van der Waals surface area contributed by atoms with Crippen LogP contribution in [0.5, 0.6) is 0 Å². The molecular formula is C18H19FN2O2. The second kappa shape index (κ2) is 7.22. The van der Waals surface area contributed by atoms with Gasteiger partial charge in [0.25, 0.3) is 5.91 Å². The van der Waals surface area contributed by atoms with Gasteiger partial charge in [-0.1, -0.05) is 16.8 Å². The lowest BCUT2D eigenvalue weighted by Crippen LogP contribution is -2.25. The minimum Gasteiger partial charge on any atom is -0.355 e. The third-order valence-electron chi connectivity index (χ3n) is 3.99. The van der Waals surface area contributed by atoms with Crippen LogP contribution in [0.4, 0.5) is 4.39 Å². The van der Waals surface area contributed by atoms with E-state index in [9.17, 15) is 9.18 Å². The van der Waals surface area contributed by atoms with Gasteiger partial charge >= 0.3 is 0 Å². The van der Waals surface area contributed by atoms with Crippen LogP contribution in [0, 0.1) is 5.82 Å². The maximum atomic E-state index is 12.9. The highest BCUT2D eigenvalue weighted by Crippen LogP contribution is 2.21. The van der Waals surface area contributed by atoms with Crippen molar-refractivity contribution in [1.82, 2.24) is 10.5 Å². The summed E-state index contributed by atoms with van der Waals surface area (Å²) in [6, 6.07) is 7.44. The number of nitrogens with one attached hydrogen (secondary N) is 1. The van der Waals surface area contributed by atoms with E-state index in [1.807, 2.05) is 0 Å². The molecule has 1 N–H and O–H groups in total. The number of aromatic nitrogens is 1. The Labute approximate surface area is 134 Å². The van der Waals surface area contributed by atoms with Gasteiger partial charge in [-0.2, -0.15) is 0 Å². The van der Waals surface area contributed by atoms with Crippen molar-refractivity contribution in [2.24, 2.45) is 0 Å². The molecule has 4 nitrogen and oxygen atoms in total. The van der Waals surface area contributed by atoms with Crippen LogP contribution in [-0.2, 0) is 0 Å². The third kappa shape index (κ3) is 4.06. The molecule has 23 heavy (non-hydrogen) atoms. The highest BCUT2D eigenvalue weighted by atomic mass is 19.1. The van der Waals surface area contributed by atoms with Crippen LogP contribution in [-0.4, -0.2) is 17.6 Å². The summed E-state index contributed by atoms with van der Waals surface area (Å²) in [5.74, 6) is -0.119. The van der Waals surface area contributed by atoms with Crippen molar-refractivity contribution in [3.63, 3.8) is 0 Å². The number of hydrogen-bond donors (Lipinski definition) is 1. The number of allylic oxidation sites excluding steroid dienone is 1. The smallest absolute Gasteiger partial charge is 0.273 e. The summed E-state index contributed by atoms with van der Waals surface area (Å²) in [6.45, 7) is 0.601. The van der Waals surface area contributed by atoms with Gasteiger partial charge in [0.1, 0.15) is 5.82 Å². The molecule has 1 aromatic carbocycles. The fourth-order valence-electron chi connectivity index (χ4n) is 2.69. The molecule has 3 rings (SSSR count). The van der Waals surface area contributed by atoms with E-state index in [-0.39, 0.29) is 17.4 Å². The molecule has 0 spiro atoms. The largest absolute Gasteiger partial charge is 0.355 e. The van der Waals surface area contributed by atoms with Gasteiger partial charge in [-0.15, -0.1) is 0 Å². The highest BCUT2D eigenvalue weighted by molar-refractivity contribution is 5.93. The van der Waals surface area contributed by atoms with Gasteiger partial charge in [0, 0.05) is 18.2 Å². The highest BCUT2D eigenvalue weighted by Gasteiger charge is 2.13. The van der Waals surface area contributed by atoms with Gasteiger partial charge in [-0.05, 0) is 56.4 Å². The van der Waals surface area contributed by atoms with Gasteiger partial charge in [-0.25, -0.2) is 4.39 Å². The third-order valence-corrected chi connectivity index (χ3v) is 3.99. The summed E-state index contributed by atoms with van der Waals surface area (Å²) in [7, 11) is 0. The number of benzene rings is 1. The Morgan fingerprint density at radius 2 is 2.09 bits per heavy atom. The maximum absolute atomic E-state index is 12.9. The quantitative estimate of drug-likeness (QED) is 0.845. The first-order valence-corrected chi connectivity index (χ1v) is 7.91. The summed E-state index contributed by atoms with van der Waals surface area (Å²) in [6.07, 6.45) is 7.94. The van der Waals surface area contributed by atoms with Crippen LogP contribution in [0.3, 0.4) is 0 Å². The Bertz CT molecular complexity index is 704. The molecule has 1 amide bonds. The fraction of sp³-hybridized carbons (Fsp3) is 0.333. The zero-order valence-corrected chi connectivity index (χ0v) is 12.8. The lowest BCUT2D eigenvalue weighted by Gasteiger charge is -2.12. The molecular weight excluding hydrogens is 295 g/mol. The second-order valence-corrected chi connectivity index (χ2v) is 5.70. The molecule has 1 aliphatic carbocycles. The number of rotatable bonds is 5. The second-order valence-electron chi connectivity index (χ2n) is 5.70. The van der Waals surface area contributed by atoms with E-state index in [0.717, 1.165) is 19.3 Å². The Kier molecular flexibility index (Phi) is 4.86. The molecule has 0 unspecified atom stereocenters. The Balaban J connectivity index is 1.55. The van der Waals surface area contributed by atoms with Crippen LogP contribution in [0.1, 0.15) is 42.6 Å². The van der Waals surface area contributed by atoms with Crippen molar-refractivity contribution in [1.29, 1.82) is 0 Å². The van der Waals surface area contributed by atoms with Crippen molar-refractivity contribution in [3.05, 3.63) is 53.5 Å². The molecule has 0 saturated carbocycles. The van der Waals surface area contributed by atoms with Gasteiger partial charge in [0.05, 0.1) is 0 Å². The van der Waals surface area contributed by atoms with E-state index in [4.69, 9.17) is 4.52 Å². The minimum atomic E-state index is -0.316. The number of nitrogens with zero attached hydrogens (tertiary/aromatic N) is 1. The zero-order valence-electron chi connectivity index (χ0n) is 12.8. The predicted octanol–water partition coefficient (Wildman–Crippen LogP) is 4.10. The summed E-state index contributed by atoms with van der Waals surface area (Å²) < 4.78 is 18.1. The average molecular weight is 314 g/mol. The number of hydrogen-bond acceptors (Lipinski definition) is 3. The molecule has 2 aromatic rings. The van der Waals surface area contributed by atoms with Crippen molar-refractivity contribution in [2.75, 3.05) is 6.54 Å². The molecule has 0 fully saturated rings. The van der Waals surface area contributed by atoms with Crippen LogP contribution in [0.2, 0.25) is 0 Å². The minimum absolute atomic E-state index is 0.238. The lowest BCUT2D eigenvalue weighted by atomic mass is 9.97. The molecule has 0 saturated heterocycles. The Morgan fingerprint density at radius 1 is 1.26 bits per heavy atom. The number of carbonyl (C=O) groups excluding carboxylic acids is 1. The van der Waals surface area contributed by atoms with E-state index < -0.39 is 0 Å².